The molecule has 1 heterocycles. The highest BCUT2D eigenvalue weighted by atomic mass is 16.3. The van der Waals surface area contributed by atoms with Crippen LogP contribution in [0.5, 0.6) is 0 Å². The quantitative estimate of drug-likeness (QED) is 0.575. The van der Waals surface area contributed by atoms with Crippen molar-refractivity contribution in [2.45, 2.75) is 38.6 Å². The zero-order chi connectivity index (χ0) is 12.7. The maximum absolute atomic E-state index is 11.5. The van der Waals surface area contributed by atoms with Gasteiger partial charge in [0.05, 0.1) is 6.54 Å². The fourth-order valence-electron chi connectivity index (χ4n) is 2.13. The van der Waals surface area contributed by atoms with Crippen LogP contribution >= 0.6 is 0 Å². The number of nitrogens with one attached hydrogen (secondary N) is 2. The molecular weight excluding hydrogens is 222 g/mol. The van der Waals surface area contributed by atoms with Crippen LogP contribution in [0.2, 0.25) is 0 Å². The minimum atomic E-state index is -0.288. The van der Waals surface area contributed by atoms with Crippen molar-refractivity contribution >= 4 is 11.8 Å². The van der Waals surface area contributed by atoms with Crippen LogP contribution in [0.15, 0.2) is 0 Å². The van der Waals surface area contributed by atoms with Crippen LogP contribution < -0.4 is 10.9 Å². The predicted molar refractivity (Wildman–Crippen MR) is 62.9 cm³/mol. The highest BCUT2D eigenvalue weighted by Crippen LogP contribution is 2.18. The highest BCUT2D eigenvalue weighted by Gasteiger charge is 2.23. The average molecular weight is 243 g/mol. The molecule has 1 atom stereocenters. The largest absolute Gasteiger partial charge is 0.396 e. The lowest BCUT2D eigenvalue weighted by atomic mass is 10.00. The van der Waals surface area contributed by atoms with Crippen molar-refractivity contribution < 1.29 is 14.7 Å². The molecule has 0 aromatic carbocycles. The minimum Gasteiger partial charge on any atom is -0.396 e. The molecule has 0 aromatic heterocycles. The summed E-state index contributed by atoms with van der Waals surface area (Å²) in [6, 6.07) is 0.275. The van der Waals surface area contributed by atoms with Crippen molar-refractivity contribution in [3.05, 3.63) is 0 Å². The van der Waals surface area contributed by atoms with Crippen molar-refractivity contribution in [2.24, 2.45) is 0 Å². The summed E-state index contributed by atoms with van der Waals surface area (Å²) in [5, 5.41) is 8.96. The van der Waals surface area contributed by atoms with Crippen molar-refractivity contribution in [3.63, 3.8) is 0 Å². The molecule has 98 valence electrons. The van der Waals surface area contributed by atoms with E-state index in [1.165, 1.54) is 6.92 Å². The first-order valence-electron chi connectivity index (χ1n) is 6.04. The molecule has 1 aliphatic rings. The molecule has 0 bridgehead atoms. The summed E-state index contributed by atoms with van der Waals surface area (Å²) >= 11 is 0. The smallest absolute Gasteiger partial charge is 0.252 e. The van der Waals surface area contributed by atoms with E-state index in [0.29, 0.717) is 6.42 Å². The second kappa shape index (κ2) is 7.24. The third kappa shape index (κ3) is 5.14. The fourth-order valence-corrected chi connectivity index (χ4v) is 2.13. The Bertz CT molecular complexity index is 269. The Morgan fingerprint density at radius 2 is 2.12 bits per heavy atom. The first kappa shape index (κ1) is 13.9. The molecule has 6 heteroatoms. The number of carbonyl (C=O) groups is 2. The van der Waals surface area contributed by atoms with Gasteiger partial charge < -0.3 is 5.11 Å². The molecule has 3 N–H and O–H groups in total. The Balaban J connectivity index is 2.36. The van der Waals surface area contributed by atoms with E-state index in [1.807, 2.05) is 0 Å². The lowest BCUT2D eigenvalue weighted by Crippen LogP contribution is -2.49. The van der Waals surface area contributed by atoms with Crippen LogP contribution in [0.1, 0.15) is 32.6 Å². The fraction of sp³-hybridized carbons (Fsp3) is 0.818. The van der Waals surface area contributed by atoms with Gasteiger partial charge in [0, 0.05) is 19.6 Å². The molecule has 1 aliphatic heterocycles. The minimum absolute atomic E-state index is 0.147. The van der Waals surface area contributed by atoms with Gasteiger partial charge in [-0.1, -0.05) is 6.42 Å². The van der Waals surface area contributed by atoms with Crippen molar-refractivity contribution in [1.82, 2.24) is 15.8 Å². The normalized spacial score (nSPS) is 20.9. The van der Waals surface area contributed by atoms with E-state index in [4.69, 9.17) is 5.11 Å². The molecule has 1 unspecified atom stereocenters. The summed E-state index contributed by atoms with van der Waals surface area (Å²) in [4.78, 5) is 24.2. The summed E-state index contributed by atoms with van der Waals surface area (Å²) in [5.41, 5.74) is 4.62. The van der Waals surface area contributed by atoms with Crippen LogP contribution in [0.4, 0.5) is 0 Å². The molecule has 0 saturated carbocycles. The number of nitrogens with zero attached hydrogens (tertiary/aromatic N) is 1. The van der Waals surface area contributed by atoms with Gasteiger partial charge in [0.1, 0.15) is 0 Å². The number of likely N-dealkylation sites (tertiary alicyclic amines) is 1. The lowest BCUT2D eigenvalue weighted by molar-refractivity contribution is -0.129. The Morgan fingerprint density at radius 1 is 1.35 bits per heavy atom. The Morgan fingerprint density at radius 3 is 2.76 bits per heavy atom. The van der Waals surface area contributed by atoms with Crippen LogP contribution in [0.25, 0.3) is 0 Å². The van der Waals surface area contributed by atoms with Gasteiger partial charge in [0.25, 0.3) is 5.91 Å². The molecule has 0 spiro atoms. The third-order valence-corrected chi connectivity index (χ3v) is 2.94. The highest BCUT2D eigenvalue weighted by molar-refractivity contribution is 5.81. The zero-order valence-corrected chi connectivity index (χ0v) is 10.2. The number of hydrogen-bond donors (Lipinski definition) is 3. The molecular formula is C11H21N3O3. The summed E-state index contributed by atoms with van der Waals surface area (Å²) in [6.07, 6.45) is 3.95. The van der Waals surface area contributed by atoms with E-state index in [0.717, 1.165) is 25.8 Å². The summed E-state index contributed by atoms with van der Waals surface area (Å²) in [6.45, 7) is 2.63. The van der Waals surface area contributed by atoms with E-state index in [2.05, 4.69) is 15.8 Å². The van der Waals surface area contributed by atoms with E-state index in [9.17, 15) is 9.59 Å². The van der Waals surface area contributed by atoms with Crippen LogP contribution in [-0.4, -0.2) is 47.6 Å². The van der Waals surface area contributed by atoms with Gasteiger partial charge in [0.2, 0.25) is 5.91 Å². The monoisotopic (exact) mass is 243 g/mol. The Labute approximate surface area is 101 Å². The second-order valence-electron chi connectivity index (χ2n) is 4.36. The SMILES string of the molecule is CC(=O)NNC(=O)CN1CCCCC1CCO. The molecule has 1 saturated heterocycles. The van der Waals surface area contributed by atoms with Gasteiger partial charge in [-0.2, -0.15) is 0 Å². The molecule has 0 aliphatic carbocycles. The summed E-state index contributed by atoms with van der Waals surface area (Å²) < 4.78 is 0. The number of amides is 2. The number of piperidine rings is 1. The number of rotatable bonds is 4. The topological polar surface area (TPSA) is 81.7 Å². The summed E-state index contributed by atoms with van der Waals surface area (Å²) in [5.74, 6) is -0.506. The Hall–Kier alpha value is -1.14. The number of aliphatic hydroxyl groups is 1. The van der Waals surface area contributed by atoms with E-state index in [-0.39, 0.29) is 31.0 Å². The van der Waals surface area contributed by atoms with Crippen LogP contribution in [-0.2, 0) is 9.59 Å². The van der Waals surface area contributed by atoms with Crippen molar-refractivity contribution in [1.29, 1.82) is 0 Å². The standard InChI is InChI=1S/C11H21N3O3/c1-9(16)12-13-11(17)8-14-6-3-2-4-10(14)5-7-15/h10,15H,2-8H2,1H3,(H,12,16)(H,13,17). The number of carbonyl (C=O) groups excluding carboxylic acids is 2. The maximum Gasteiger partial charge on any atom is 0.252 e. The number of hydrogen-bond acceptors (Lipinski definition) is 4. The van der Waals surface area contributed by atoms with Gasteiger partial charge in [-0.15, -0.1) is 0 Å². The van der Waals surface area contributed by atoms with Gasteiger partial charge in [0.15, 0.2) is 0 Å². The molecule has 6 nitrogen and oxygen atoms in total. The van der Waals surface area contributed by atoms with Gasteiger partial charge in [-0.3, -0.25) is 25.3 Å². The van der Waals surface area contributed by atoms with E-state index in [1.54, 1.807) is 0 Å². The molecule has 2 amide bonds. The summed E-state index contributed by atoms with van der Waals surface area (Å²) in [7, 11) is 0. The van der Waals surface area contributed by atoms with Gasteiger partial charge in [-0.05, 0) is 25.8 Å². The van der Waals surface area contributed by atoms with Gasteiger partial charge >= 0.3 is 0 Å². The van der Waals surface area contributed by atoms with Crippen LogP contribution in [0, 0.1) is 0 Å². The first-order valence-corrected chi connectivity index (χ1v) is 6.04. The van der Waals surface area contributed by atoms with Crippen molar-refractivity contribution in [2.75, 3.05) is 19.7 Å². The van der Waals surface area contributed by atoms with Gasteiger partial charge in [-0.25, -0.2) is 0 Å². The zero-order valence-electron chi connectivity index (χ0n) is 10.2. The number of hydrazine groups is 1. The molecule has 17 heavy (non-hydrogen) atoms. The third-order valence-electron chi connectivity index (χ3n) is 2.94. The first-order chi connectivity index (χ1) is 8.13. The maximum atomic E-state index is 11.5. The number of aliphatic hydroxyl groups excluding tert-OH is 1. The second-order valence-corrected chi connectivity index (χ2v) is 4.36. The molecule has 0 radical (unpaired) electrons. The van der Waals surface area contributed by atoms with Crippen LogP contribution in [0.3, 0.4) is 0 Å². The average Bonchev–Trinajstić information content (AvgIpc) is 2.29. The lowest BCUT2D eigenvalue weighted by Gasteiger charge is -2.34. The van der Waals surface area contributed by atoms with E-state index < -0.39 is 0 Å². The molecule has 1 fully saturated rings. The Kier molecular flexibility index (Phi) is 5.93. The van der Waals surface area contributed by atoms with E-state index >= 15 is 0 Å². The van der Waals surface area contributed by atoms with Crippen molar-refractivity contribution in [3.8, 4) is 0 Å². The molecule has 0 aromatic rings. The predicted octanol–water partition coefficient (Wildman–Crippen LogP) is -0.609. The molecule has 1 rings (SSSR count).